The van der Waals surface area contributed by atoms with Crippen LogP contribution in [-0.2, 0) is 11.2 Å². The highest BCUT2D eigenvalue weighted by Crippen LogP contribution is 2.26. The monoisotopic (exact) mass is 370 g/mol. The standard InChI is InChI=1S/C20H19ClN2OS/c1-13(2)14-6-8-17(9-7-14)22-19(24)11-18-12-25-20(23-18)15-4-3-5-16(21)10-15/h3-10,12-13H,11H2,1-2H3,(H,22,24). The second-order valence-electron chi connectivity index (χ2n) is 6.16. The number of carbonyl (C=O) groups excluding carboxylic acids is 1. The zero-order valence-electron chi connectivity index (χ0n) is 14.1. The summed E-state index contributed by atoms with van der Waals surface area (Å²) in [5.74, 6) is 0.407. The molecule has 1 heterocycles. The van der Waals surface area contributed by atoms with Gasteiger partial charge in [-0.2, -0.15) is 0 Å². The van der Waals surface area contributed by atoms with E-state index >= 15 is 0 Å². The minimum Gasteiger partial charge on any atom is -0.326 e. The molecule has 2 aromatic carbocycles. The molecule has 0 spiro atoms. The van der Waals surface area contributed by atoms with Gasteiger partial charge in [0, 0.05) is 21.7 Å². The zero-order chi connectivity index (χ0) is 17.8. The van der Waals surface area contributed by atoms with E-state index in [2.05, 4.69) is 24.1 Å². The van der Waals surface area contributed by atoms with Gasteiger partial charge in [-0.15, -0.1) is 11.3 Å². The summed E-state index contributed by atoms with van der Waals surface area (Å²) >= 11 is 7.53. The smallest absolute Gasteiger partial charge is 0.230 e. The first-order valence-electron chi connectivity index (χ1n) is 8.11. The maximum absolute atomic E-state index is 12.2. The molecule has 0 unspecified atom stereocenters. The molecule has 0 aliphatic carbocycles. The minimum atomic E-state index is -0.0692. The molecule has 0 bridgehead atoms. The van der Waals surface area contributed by atoms with Crippen molar-refractivity contribution in [3.63, 3.8) is 0 Å². The fraction of sp³-hybridized carbons (Fsp3) is 0.200. The third-order valence-electron chi connectivity index (χ3n) is 3.83. The van der Waals surface area contributed by atoms with Crippen molar-refractivity contribution in [2.45, 2.75) is 26.2 Å². The van der Waals surface area contributed by atoms with E-state index in [1.807, 2.05) is 53.9 Å². The summed E-state index contributed by atoms with van der Waals surface area (Å²) in [5.41, 5.74) is 3.79. The minimum absolute atomic E-state index is 0.0692. The summed E-state index contributed by atoms with van der Waals surface area (Å²) in [6.07, 6.45) is 0.253. The van der Waals surface area contributed by atoms with Crippen molar-refractivity contribution in [3.8, 4) is 10.6 Å². The van der Waals surface area contributed by atoms with Crippen LogP contribution in [0.3, 0.4) is 0 Å². The zero-order valence-corrected chi connectivity index (χ0v) is 15.7. The number of nitrogens with zero attached hydrogens (tertiary/aromatic N) is 1. The maximum Gasteiger partial charge on any atom is 0.230 e. The molecule has 1 amide bonds. The van der Waals surface area contributed by atoms with Gasteiger partial charge in [-0.1, -0.05) is 49.7 Å². The topological polar surface area (TPSA) is 42.0 Å². The molecular weight excluding hydrogens is 352 g/mol. The molecule has 25 heavy (non-hydrogen) atoms. The summed E-state index contributed by atoms with van der Waals surface area (Å²) < 4.78 is 0. The summed E-state index contributed by atoms with van der Waals surface area (Å²) in [6, 6.07) is 15.5. The summed E-state index contributed by atoms with van der Waals surface area (Å²) in [7, 11) is 0. The Morgan fingerprint density at radius 3 is 2.64 bits per heavy atom. The van der Waals surface area contributed by atoms with Gasteiger partial charge in [0.1, 0.15) is 5.01 Å². The van der Waals surface area contributed by atoms with Crippen molar-refractivity contribution >= 4 is 34.5 Å². The number of benzene rings is 2. The number of hydrogen-bond acceptors (Lipinski definition) is 3. The van der Waals surface area contributed by atoms with Gasteiger partial charge in [0.05, 0.1) is 12.1 Å². The van der Waals surface area contributed by atoms with Crippen LogP contribution in [0.4, 0.5) is 5.69 Å². The third-order valence-corrected chi connectivity index (χ3v) is 5.00. The Bertz CT molecular complexity index is 871. The van der Waals surface area contributed by atoms with Crippen molar-refractivity contribution in [2.75, 3.05) is 5.32 Å². The Morgan fingerprint density at radius 2 is 1.96 bits per heavy atom. The molecule has 3 aromatic rings. The Kier molecular flexibility index (Phi) is 5.51. The first-order chi connectivity index (χ1) is 12.0. The molecule has 0 atom stereocenters. The Morgan fingerprint density at radius 1 is 1.20 bits per heavy atom. The predicted molar refractivity (Wildman–Crippen MR) is 105 cm³/mol. The van der Waals surface area contributed by atoms with Crippen molar-refractivity contribution in [2.24, 2.45) is 0 Å². The van der Waals surface area contributed by atoms with Gasteiger partial charge in [-0.3, -0.25) is 4.79 Å². The number of rotatable bonds is 5. The molecule has 0 aliphatic rings. The number of carbonyl (C=O) groups is 1. The lowest BCUT2D eigenvalue weighted by Gasteiger charge is -2.08. The van der Waals surface area contributed by atoms with Gasteiger partial charge in [0.15, 0.2) is 0 Å². The fourth-order valence-corrected chi connectivity index (χ4v) is 3.47. The number of hydrogen-bond donors (Lipinski definition) is 1. The van der Waals surface area contributed by atoms with Gasteiger partial charge in [-0.25, -0.2) is 4.98 Å². The van der Waals surface area contributed by atoms with E-state index in [0.29, 0.717) is 10.9 Å². The molecule has 3 rings (SSSR count). The highest BCUT2D eigenvalue weighted by Gasteiger charge is 2.10. The van der Waals surface area contributed by atoms with Gasteiger partial charge in [0.25, 0.3) is 0 Å². The van der Waals surface area contributed by atoms with Crippen molar-refractivity contribution in [3.05, 3.63) is 70.2 Å². The van der Waals surface area contributed by atoms with Crippen LogP contribution in [0.5, 0.6) is 0 Å². The lowest BCUT2D eigenvalue weighted by molar-refractivity contribution is -0.115. The van der Waals surface area contributed by atoms with Gasteiger partial charge >= 0.3 is 0 Å². The summed E-state index contributed by atoms with van der Waals surface area (Å²) in [6.45, 7) is 4.29. The van der Waals surface area contributed by atoms with E-state index in [1.165, 1.54) is 16.9 Å². The molecule has 0 saturated carbocycles. The van der Waals surface area contributed by atoms with Crippen molar-refractivity contribution in [1.29, 1.82) is 0 Å². The average Bonchev–Trinajstić information content (AvgIpc) is 3.03. The van der Waals surface area contributed by atoms with Gasteiger partial charge < -0.3 is 5.32 Å². The second-order valence-corrected chi connectivity index (χ2v) is 7.45. The number of halogens is 1. The fourth-order valence-electron chi connectivity index (χ4n) is 2.46. The lowest BCUT2D eigenvalue weighted by atomic mass is 10.0. The second kappa shape index (κ2) is 7.81. The molecule has 0 radical (unpaired) electrons. The molecule has 1 N–H and O–H groups in total. The quantitative estimate of drug-likeness (QED) is 0.619. The van der Waals surface area contributed by atoms with Crippen molar-refractivity contribution in [1.82, 2.24) is 4.98 Å². The first kappa shape index (κ1) is 17.6. The van der Waals surface area contributed by atoms with Gasteiger partial charge in [0.2, 0.25) is 5.91 Å². The first-order valence-corrected chi connectivity index (χ1v) is 9.37. The normalized spacial score (nSPS) is 10.9. The van der Waals surface area contributed by atoms with E-state index in [1.54, 1.807) is 0 Å². The third kappa shape index (κ3) is 4.68. The molecule has 0 fully saturated rings. The van der Waals surface area contributed by atoms with Crippen LogP contribution in [0.1, 0.15) is 31.0 Å². The van der Waals surface area contributed by atoms with E-state index in [4.69, 9.17) is 11.6 Å². The maximum atomic E-state index is 12.2. The highest BCUT2D eigenvalue weighted by atomic mass is 35.5. The van der Waals surface area contributed by atoms with Crippen molar-refractivity contribution < 1.29 is 4.79 Å². The molecule has 3 nitrogen and oxygen atoms in total. The number of thiazole rings is 1. The van der Waals surface area contributed by atoms with Crippen LogP contribution in [0.2, 0.25) is 5.02 Å². The number of anilines is 1. The van der Waals surface area contributed by atoms with Crippen LogP contribution in [-0.4, -0.2) is 10.9 Å². The van der Waals surface area contributed by atoms with Crippen LogP contribution in [0, 0.1) is 0 Å². The SMILES string of the molecule is CC(C)c1ccc(NC(=O)Cc2csc(-c3cccc(Cl)c3)n2)cc1. The largest absolute Gasteiger partial charge is 0.326 e. The van der Waals surface area contributed by atoms with Crippen LogP contribution in [0.25, 0.3) is 10.6 Å². The lowest BCUT2D eigenvalue weighted by Crippen LogP contribution is -2.14. The van der Waals surface area contributed by atoms with E-state index in [9.17, 15) is 4.79 Å². The summed E-state index contributed by atoms with van der Waals surface area (Å²) in [4.78, 5) is 16.8. The predicted octanol–water partition coefficient (Wildman–Crippen LogP) is 5.77. The summed E-state index contributed by atoms with van der Waals surface area (Å²) in [5, 5.41) is 6.38. The number of nitrogens with one attached hydrogen (secondary N) is 1. The molecular formula is C20H19ClN2OS. The van der Waals surface area contributed by atoms with Crippen LogP contribution < -0.4 is 5.32 Å². The Labute approximate surface area is 156 Å². The van der Waals surface area contributed by atoms with E-state index < -0.39 is 0 Å². The van der Waals surface area contributed by atoms with E-state index in [-0.39, 0.29) is 12.3 Å². The van der Waals surface area contributed by atoms with Gasteiger partial charge in [-0.05, 0) is 35.7 Å². The van der Waals surface area contributed by atoms with Crippen LogP contribution >= 0.6 is 22.9 Å². The number of aromatic nitrogens is 1. The molecule has 0 saturated heterocycles. The van der Waals surface area contributed by atoms with Crippen LogP contribution in [0.15, 0.2) is 53.9 Å². The Balaban J connectivity index is 1.63. The molecule has 5 heteroatoms. The molecule has 1 aromatic heterocycles. The molecule has 0 aliphatic heterocycles. The highest BCUT2D eigenvalue weighted by molar-refractivity contribution is 7.13. The number of amides is 1. The molecule has 128 valence electrons. The average molecular weight is 371 g/mol. The van der Waals surface area contributed by atoms with E-state index in [0.717, 1.165) is 22.0 Å². The Hall–Kier alpha value is -2.17.